The highest BCUT2D eigenvalue weighted by Gasteiger charge is 2.08. The Hall–Kier alpha value is -1.61. The Morgan fingerprint density at radius 2 is 1.80 bits per heavy atom. The number of carbonyl (C=O) groups is 1. The van der Waals surface area contributed by atoms with Crippen molar-refractivity contribution in [3.63, 3.8) is 0 Å². The first kappa shape index (κ1) is 20.7. The first-order valence-corrected chi connectivity index (χ1v) is 7.12. The van der Waals surface area contributed by atoms with Gasteiger partial charge < -0.3 is 10.8 Å². The van der Waals surface area contributed by atoms with Crippen LogP contribution in [0.5, 0.6) is 0 Å². The van der Waals surface area contributed by atoms with E-state index in [0.29, 0.717) is 5.92 Å². The normalized spacial score (nSPS) is 11.8. The lowest BCUT2D eigenvalue weighted by Gasteiger charge is -2.15. The predicted molar refractivity (Wildman–Crippen MR) is 86.8 cm³/mol. The van der Waals surface area contributed by atoms with Crippen LogP contribution in [0.3, 0.4) is 0 Å². The molecule has 0 aliphatic carbocycles. The van der Waals surface area contributed by atoms with Crippen molar-refractivity contribution in [3.05, 3.63) is 48.6 Å². The zero-order valence-corrected chi connectivity index (χ0v) is 13.0. The number of hydrogen-bond donors (Lipinski definition) is 2. The second kappa shape index (κ2) is 15.4. The van der Waals surface area contributed by atoms with Gasteiger partial charge in [0.05, 0.1) is 0 Å². The maximum Gasteiger partial charge on any atom is 0.290 e. The third-order valence-corrected chi connectivity index (χ3v) is 2.61. The standard InChI is InChI=1S/C14H21N.C2H6.CH2O2/c1-3-7-12(2)10-14(15)11-13-8-5-4-6-9-13;1-2;2-1-3/h3-6,8-9,12,14H,1,7,10-11,15H2,2H3;1-2H3;1H,(H,2,3). The monoisotopic (exact) mass is 279 g/mol. The van der Waals surface area contributed by atoms with Crippen molar-refractivity contribution in [3.8, 4) is 0 Å². The second-order valence-electron chi connectivity index (χ2n) is 4.42. The molecule has 0 aliphatic heterocycles. The minimum atomic E-state index is -0.250. The molecule has 0 spiro atoms. The van der Waals surface area contributed by atoms with Gasteiger partial charge in [0.25, 0.3) is 6.47 Å². The van der Waals surface area contributed by atoms with Crippen molar-refractivity contribution in [2.45, 2.75) is 46.1 Å². The SMILES string of the molecule is C=CCC(C)CC(N)Cc1ccccc1.CC.O=CO. The van der Waals surface area contributed by atoms with Crippen molar-refractivity contribution < 1.29 is 9.90 Å². The fraction of sp³-hybridized carbons (Fsp3) is 0.471. The van der Waals surface area contributed by atoms with Crippen LogP contribution in [0.25, 0.3) is 0 Å². The molecular formula is C17H29NO2. The quantitative estimate of drug-likeness (QED) is 0.613. The van der Waals surface area contributed by atoms with Crippen LogP contribution in [0.1, 0.15) is 39.2 Å². The summed E-state index contributed by atoms with van der Waals surface area (Å²) in [4.78, 5) is 8.36. The molecule has 3 heteroatoms. The molecule has 0 fully saturated rings. The van der Waals surface area contributed by atoms with Crippen molar-refractivity contribution in [2.24, 2.45) is 11.7 Å². The van der Waals surface area contributed by atoms with Gasteiger partial charge in [-0.15, -0.1) is 6.58 Å². The van der Waals surface area contributed by atoms with Crippen molar-refractivity contribution in [1.29, 1.82) is 0 Å². The molecule has 20 heavy (non-hydrogen) atoms. The van der Waals surface area contributed by atoms with Gasteiger partial charge in [-0.1, -0.05) is 57.2 Å². The fourth-order valence-corrected chi connectivity index (χ4v) is 1.90. The van der Waals surface area contributed by atoms with Crippen LogP contribution in [-0.4, -0.2) is 17.6 Å². The lowest BCUT2D eigenvalue weighted by Crippen LogP contribution is -2.25. The van der Waals surface area contributed by atoms with E-state index >= 15 is 0 Å². The molecule has 1 aromatic rings. The Morgan fingerprint density at radius 3 is 2.25 bits per heavy atom. The first-order chi connectivity index (χ1) is 9.63. The van der Waals surface area contributed by atoms with E-state index < -0.39 is 0 Å². The first-order valence-electron chi connectivity index (χ1n) is 7.12. The topological polar surface area (TPSA) is 63.3 Å². The van der Waals surface area contributed by atoms with Crippen LogP contribution in [0.15, 0.2) is 43.0 Å². The fourth-order valence-electron chi connectivity index (χ4n) is 1.90. The molecule has 2 atom stereocenters. The van der Waals surface area contributed by atoms with Crippen LogP contribution in [0.2, 0.25) is 0 Å². The summed E-state index contributed by atoms with van der Waals surface area (Å²) < 4.78 is 0. The number of nitrogens with two attached hydrogens (primary N) is 1. The summed E-state index contributed by atoms with van der Waals surface area (Å²) in [6.07, 6.45) is 5.08. The number of hydrogen-bond acceptors (Lipinski definition) is 2. The second-order valence-corrected chi connectivity index (χ2v) is 4.42. The molecule has 114 valence electrons. The number of carboxylic acid groups (broad SMARTS) is 1. The van der Waals surface area contributed by atoms with Gasteiger partial charge in [0, 0.05) is 6.04 Å². The van der Waals surface area contributed by atoms with Gasteiger partial charge in [-0.2, -0.15) is 0 Å². The smallest absolute Gasteiger partial charge is 0.290 e. The molecule has 1 aromatic carbocycles. The Morgan fingerprint density at radius 1 is 1.30 bits per heavy atom. The Labute approximate surface area is 123 Å². The largest absolute Gasteiger partial charge is 0.483 e. The molecule has 0 bridgehead atoms. The highest BCUT2D eigenvalue weighted by Crippen LogP contribution is 2.12. The Bertz CT molecular complexity index is 325. The van der Waals surface area contributed by atoms with Gasteiger partial charge in [-0.3, -0.25) is 4.79 Å². The lowest BCUT2D eigenvalue weighted by molar-refractivity contribution is -0.122. The highest BCUT2D eigenvalue weighted by molar-refractivity contribution is 5.32. The van der Waals surface area contributed by atoms with Gasteiger partial charge in [0.2, 0.25) is 0 Å². The van der Waals surface area contributed by atoms with Gasteiger partial charge in [0.1, 0.15) is 0 Å². The predicted octanol–water partition coefficient (Wildman–Crippen LogP) is 3.89. The molecule has 0 saturated carbocycles. The average Bonchev–Trinajstić information content (AvgIpc) is 2.43. The molecule has 0 aliphatic rings. The van der Waals surface area contributed by atoms with E-state index in [1.54, 1.807) is 0 Å². The van der Waals surface area contributed by atoms with E-state index in [0.717, 1.165) is 19.3 Å². The van der Waals surface area contributed by atoms with E-state index in [1.807, 2.05) is 26.0 Å². The highest BCUT2D eigenvalue weighted by atomic mass is 16.3. The van der Waals surface area contributed by atoms with Gasteiger partial charge in [0.15, 0.2) is 0 Å². The van der Waals surface area contributed by atoms with Crippen LogP contribution >= 0.6 is 0 Å². The molecule has 3 nitrogen and oxygen atoms in total. The Kier molecular flexibility index (Phi) is 16.0. The third-order valence-electron chi connectivity index (χ3n) is 2.61. The third kappa shape index (κ3) is 12.8. The van der Waals surface area contributed by atoms with E-state index in [2.05, 4.69) is 37.8 Å². The molecule has 0 heterocycles. The minimum Gasteiger partial charge on any atom is -0.483 e. The minimum absolute atomic E-state index is 0.250. The van der Waals surface area contributed by atoms with Crippen molar-refractivity contribution >= 4 is 6.47 Å². The number of benzene rings is 1. The summed E-state index contributed by atoms with van der Waals surface area (Å²) in [7, 11) is 0. The maximum atomic E-state index is 8.36. The maximum absolute atomic E-state index is 8.36. The molecule has 3 N–H and O–H groups in total. The van der Waals surface area contributed by atoms with E-state index in [-0.39, 0.29) is 12.5 Å². The van der Waals surface area contributed by atoms with Gasteiger partial charge in [-0.05, 0) is 30.7 Å². The van der Waals surface area contributed by atoms with E-state index in [9.17, 15) is 0 Å². The molecule has 1 rings (SSSR count). The Balaban J connectivity index is 0. The van der Waals surface area contributed by atoms with Gasteiger partial charge in [-0.25, -0.2) is 0 Å². The van der Waals surface area contributed by atoms with Crippen LogP contribution in [0, 0.1) is 5.92 Å². The summed E-state index contributed by atoms with van der Waals surface area (Å²) in [5.41, 5.74) is 7.43. The zero-order valence-electron chi connectivity index (χ0n) is 13.0. The molecule has 0 radical (unpaired) electrons. The zero-order chi connectivity index (χ0) is 15.8. The summed E-state index contributed by atoms with van der Waals surface area (Å²) in [5.74, 6) is 0.640. The summed E-state index contributed by atoms with van der Waals surface area (Å²) >= 11 is 0. The number of rotatable bonds is 6. The molecule has 2 unspecified atom stereocenters. The summed E-state index contributed by atoms with van der Waals surface area (Å²) in [6, 6.07) is 10.7. The van der Waals surface area contributed by atoms with Crippen molar-refractivity contribution in [2.75, 3.05) is 0 Å². The lowest BCUT2D eigenvalue weighted by atomic mass is 9.95. The molecule has 0 saturated heterocycles. The van der Waals surface area contributed by atoms with Gasteiger partial charge >= 0.3 is 0 Å². The van der Waals surface area contributed by atoms with E-state index in [4.69, 9.17) is 15.6 Å². The van der Waals surface area contributed by atoms with Crippen LogP contribution in [-0.2, 0) is 11.2 Å². The van der Waals surface area contributed by atoms with Crippen LogP contribution in [0.4, 0.5) is 0 Å². The molecule has 0 aromatic heterocycles. The summed E-state index contributed by atoms with van der Waals surface area (Å²) in [6.45, 7) is 9.73. The summed E-state index contributed by atoms with van der Waals surface area (Å²) in [5, 5.41) is 6.89. The van der Waals surface area contributed by atoms with E-state index in [1.165, 1.54) is 5.56 Å². The molecule has 0 amide bonds. The number of allylic oxidation sites excluding steroid dienone is 1. The van der Waals surface area contributed by atoms with Crippen LogP contribution < -0.4 is 5.73 Å². The van der Waals surface area contributed by atoms with Crippen molar-refractivity contribution in [1.82, 2.24) is 0 Å². The molecular weight excluding hydrogens is 250 g/mol. The average molecular weight is 279 g/mol.